The van der Waals surface area contributed by atoms with Crippen molar-refractivity contribution in [2.45, 2.75) is 6.92 Å². The second-order valence-corrected chi connectivity index (χ2v) is 7.27. The van der Waals surface area contributed by atoms with Crippen LogP contribution in [0.4, 0.5) is 0 Å². The number of fused-ring (bicyclic) bond motifs is 1. The van der Waals surface area contributed by atoms with Gasteiger partial charge in [0.2, 0.25) is 0 Å². The quantitative estimate of drug-likeness (QED) is 0.319. The molecule has 1 heteroatoms. The van der Waals surface area contributed by atoms with Gasteiger partial charge in [-0.3, -0.25) is 0 Å². The summed E-state index contributed by atoms with van der Waals surface area (Å²) < 4.78 is 0. The molecule has 0 spiro atoms. The molecule has 1 aromatic heterocycles. The zero-order valence-electron chi connectivity index (χ0n) is 16.3. The van der Waals surface area contributed by atoms with E-state index in [2.05, 4.69) is 116 Å². The maximum atomic E-state index is 5.17. The fraction of sp³-hybridized carbons (Fsp3) is 0.0357. The van der Waals surface area contributed by atoms with E-state index < -0.39 is 0 Å². The van der Waals surface area contributed by atoms with Crippen LogP contribution in [0.15, 0.2) is 109 Å². The van der Waals surface area contributed by atoms with Crippen LogP contribution in [0.1, 0.15) is 5.56 Å². The number of aryl methyl sites for hydroxylation is 1. The molecule has 0 unspecified atom stereocenters. The number of hydrogen-bond acceptors (Lipinski definition) is 1. The number of benzene rings is 4. The van der Waals surface area contributed by atoms with Crippen LogP contribution in [0, 0.1) is 6.92 Å². The maximum absolute atomic E-state index is 5.17. The van der Waals surface area contributed by atoms with Crippen molar-refractivity contribution in [3.63, 3.8) is 0 Å². The molecule has 0 fully saturated rings. The van der Waals surface area contributed by atoms with E-state index in [0.29, 0.717) is 0 Å². The maximum Gasteiger partial charge on any atom is 0.0796 e. The first-order valence-corrected chi connectivity index (χ1v) is 9.92. The highest BCUT2D eigenvalue weighted by atomic mass is 14.7. The third-order valence-electron chi connectivity index (χ3n) is 5.42. The molecule has 1 heterocycles. The van der Waals surface area contributed by atoms with Gasteiger partial charge in [-0.15, -0.1) is 0 Å². The smallest absolute Gasteiger partial charge is 0.0796 e. The van der Waals surface area contributed by atoms with Gasteiger partial charge >= 0.3 is 0 Å². The lowest BCUT2D eigenvalue weighted by atomic mass is 9.87. The van der Waals surface area contributed by atoms with Crippen molar-refractivity contribution in [2.24, 2.45) is 0 Å². The summed E-state index contributed by atoms with van der Waals surface area (Å²) >= 11 is 0. The van der Waals surface area contributed by atoms with Crippen molar-refractivity contribution in [3.05, 3.63) is 115 Å². The Morgan fingerprint density at radius 3 is 1.76 bits per heavy atom. The van der Waals surface area contributed by atoms with Crippen LogP contribution in [-0.4, -0.2) is 4.98 Å². The first kappa shape index (κ1) is 17.4. The van der Waals surface area contributed by atoms with E-state index in [1.807, 2.05) is 0 Å². The Labute approximate surface area is 171 Å². The van der Waals surface area contributed by atoms with Gasteiger partial charge < -0.3 is 0 Å². The number of aromatic nitrogens is 1. The third-order valence-corrected chi connectivity index (χ3v) is 5.42. The molecule has 0 atom stereocenters. The predicted molar refractivity (Wildman–Crippen MR) is 123 cm³/mol. The topological polar surface area (TPSA) is 12.9 Å². The average Bonchev–Trinajstić information content (AvgIpc) is 2.79. The molecule has 0 radical (unpaired) electrons. The summed E-state index contributed by atoms with van der Waals surface area (Å²) in [5, 5.41) is 1.18. The summed E-state index contributed by atoms with van der Waals surface area (Å²) in [5.41, 5.74) is 9.27. The van der Waals surface area contributed by atoms with Gasteiger partial charge in [-0.25, -0.2) is 4.98 Å². The molecule has 0 saturated heterocycles. The highest BCUT2D eigenvalue weighted by Gasteiger charge is 2.19. The van der Waals surface area contributed by atoms with Gasteiger partial charge in [0.1, 0.15) is 0 Å². The van der Waals surface area contributed by atoms with Crippen molar-refractivity contribution in [2.75, 3.05) is 0 Å². The van der Waals surface area contributed by atoms with E-state index in [4.69, 9.17) is 4.98 Å². The summed E-state index contributed by atoms with van der Waals surface area (Å²) in [6.45, 7) is 2.16. The monoisotopic (exact) mass is 371 g/mol. The van der Waals surface area contributed by atoms with Gasteiger partial charge in [0, 0.05) is 22.1 Å². The van der Waals surface area contributed by atoms with Crippen molar-refractivity contribution in [3.8, 4) is 33.5 Å². The number of hydrogen-bond donors (Lipinski definition) is 0. The molecule has 1 nitrogen and oxygen atoms in total. The van der Waals surface area contributed by atoms with Crippen molar-refractivity contribution in [1.82, 2.24) is 4.98 Å². The lowest BCUT2D eigenvalue weighted by Crippen LogP contribution is -1.97. The van der Waals surface area contributed by atoms with E-state index in [9.17, 15) is 0 Å². The number of para-hydroxylation sites is 1. The molecule has 0 aliphatic carbocycles. The molecule has 0 amide bonds. The van der Waals surface area contributed by atoms with E-state index in [1.54, 1.807) is 0 Å². The van der Waals surface area contributed by atoms with Crippen LogP contribution in [0.3, 0.4) is 0 Å². The van der Waals surface area contributed by atoms with Gasteiger partial charge in [0.25, 0.3) is 0 Å². The highest BCUT2D eigenvalue weighted by molar-refractivity contribution is 6.07. The largest absolute Gasteiger partial charge is 0.247 e. The molecule has 4 aromatic carbocycles. The molecule has 0 aliphatic rings. The minimum absolute atomic E-state index is 1.02. The second-order valence-electron chi connectivity index (χ2n) is 7.27. The molecule has 0 N–H and O–H groups in total. The minimum Gasteiger partial charge on any atom is -0.247 e. The third kappa shape index (κ3) is 3.11. The Morgan fingerprint density at radius 1 is 0.517 bits per heavy atom. The minimum atomic E-state index is 1.02. The lowest BCUT2D eigenvalue weighted by Gasteiger charge is -2.19. The fourth-order valence-electron chi connectivity index (χ4n) is 4.04. The van der Waals surface area contributed by atoms with Gasteiger partial charge in [-0.05, 0) is 29.7 Å². The lowest BCUT2D eigenvalue weighted by molar-refractivity contribution is 1.36. The van der Waals surface area contributed by atoms with Gasteiger partial charge in [-0.2, -0.15) is 0 Å². The van der Waals surface area contributed by atoms with Gasteiger partial charge in [-0.1, -0.05) is 103 Å². The van der Waals surface area contributed by atoms with E-state index in [1.165, 1.54) is 38.8 Å². The summed E-state index contributed by atoms with van der Waals surface area (Å²) in [4.78, 5) is 5.17. The van der Waals surface area contributed by atoms with Crippen LogP contribution in [0.2, 0.25) is 0 Å². The molecule has 0 saturated carbocycles. The summed E-state index contributed by atoms with van der Waals surface area (Å²) in [6, 6.07) is 38.2. The van der Waals surface area contributed by atoms with E-state index >= 15 is 0 Å². The predicted octanol–water partition coefficient (Wildman–Crippen LogP) is 7.54. The standard InChI is InChI=1S/C28H21N/c1-20-12-8-9-17-23(20)28-27(22-15-6-3-7-16-22)26(21-13-4-2-5-14-21)24-18-10-11-19-25(24)29-28/h2-19H,1H3. The Hall–Kier alpha value is -3.71. The summed E-state index contributed by atoms with van der Waals surface area (Å²) in [5.74, 6) is 0. The average molecular weight is 371 g/mol. The van der Waals surface area contributed by atoms with E-state index in [0.717, 1.165) is 11.2 Å². The van der Waals surface area contributed by atoms with Crippen LogP contribution in [0.5, 0.6) is 0 Å². The molecule has 0 aliphatic heterocycles. The Balaban J connectivity index is 1.99. The molecule has 138 valence electrons. The molecule has 29 heavy (non-hydrogen) atoms. The van der Waals surface area contributed by atoms with Crippen molar-refractivity contribution < 1.29 is 0 Å². The zero-order valence-corrected chi connectivity index (χ0v) is 16.3. The van der Waals surface area contributed by atoms with E-state index in [-0.39, 0.29) is 0 Å². The van der Waals surface area contributed by atoms with Crippen molar-refractivity contribution >= 4 is 10.9 Å². The van der Waals surface area contributed by atoms with Crippen LogP contribution >= 0.6 is 0 Å². The highest BCUT2D eigenvalue weighted by Crippen LogP contribution is 2.43. The zero-order chi connectivity index (χ0) is 19.6. The van der Waals surface area contributed by atoms with Crippen LogP contribution < -0.4 is 0 Å². The number of pyridine rings is 1. The first-order valence-electron chi connectivity index (χ1n) is 9.92. The number of nitrogens with zero attached hydrogens (tertiary/aromatic N) is 1. The van der Waals surface area contributed by atoms with Crippen molar-refractivity contribution in [1.29, 1.82) is 0 Å². The number of rotatable bonds is 3. The molecular weight excluding hydrogens is 350 g/mol. The second kappa shape index (κ2) is 7.37. The Morgan fingerprint density at radius 2 is 1.07 bits per heavy atom. The SMILES string of the molecule is Cc1ccccc1-c1nc2ccccc2c(-c2ccccc2)c1-c1ccccc1. The first-order chi connectivity index (χ1) is 14.3. The van der Waals surface area contributed by atoms with Gasteiger partial charge in [0.05, 0.1) is 11.2 Å². The molecule has 5 aromatic rings. The van der Waals surface area contributed by atoms with Gasteiger partial charge in [0.15, 0.2) is 0 Å². The van der Waals surface area contributed by atoms with Crippen LogP contribution in [0.25, 0.3) is 44.4 Å². The fourth-order valence-corrected chi connectivity index (χ4v) is 4.04. The molecule has 0 bridgehead atoms. The summed E-state index contributed by atoms with van der Waals surface area (Å²) in [6.07, 6.45) is 0. The summed E-state index contributed by atoms with van der Waals surface area (Å²) in [7, 11) is 0. The Bertz CT molecular complexity index is 1290. The van der Waals surface area contributed by atoms with Crippen LogP contribution in [-0.2, 0) is 0 Å². The molecule has 5 rings (SSSR count). The Kier molecular flexibility index (Phi) is 4.42. The normalized spacial score (nSPS) is 10.9. The molecular formula is C28H21N.